The van der Waals surface area contributed by atoms with Crippen molar-refractivity contribution in [1.29, 1.82) is 0 Å². The highest BCUT2D eigenvalue weighted by Crippen LogP contribution is 2.34. The Hall–Kier alpha value is -3.73. The van der Waals surface area contributed by atoms with Gasteiger partial charge in [0.2, 0.25) is 0 Å². The van der Waals surface area contributed by atoms with Crippen molar-refractivity contribution in [2.75, 3.05) is 6.54 Å². The molecule has 30 heavy (non-hydrogen) atoms. The first-order chi connectivity index (χ1) is 14.6. The molecule has 0 bridgehead atoms. The van der Waals surface area contributed by atoms with Crippen molar-refractivity contribution < 1.29 is 14.4 Å². The van der Waals surface area contributed by atoms with E-state index in [1.54, 1.807) is 41.3 Å². The number of carbonyl (C=O) groups is 3. The van der Waals surface area contributed by atoms with Crippen molar-refractivity contribution in [1.82, 2.24) is 9.80 Å². The standard InChI is InChI=1S/C25H20N2O3/c28-23-20-12-6-7-13-21(20)24(29)27(23)22(18-9-2-1-3-10-18)25(30)26-15-14-17-8-4-5-11-19(17)16-26/h1-13,22H,14-16H2. The minimum absolute atomic E-state index is 0.231. The van der Waals surface area contributed by atoms with Gasteiger partial charge >= 0.3 is 0 Å². The van der Waals surface area contributed by atoms with E-state index >= 15 is 0 Å². The molecule has 0 fully saturated rings. The minimum Gasteiger partial charge on any atom is -0.336 e. The zero-order chi connectivity index (χ0) is 20.7. The summed E-state index contributed by atoms with van der Waals surface area (Å²) >= 11 is 0. The zero-order valence-corrected chi connectivity index (χ0v) is 16.3. The molecule has 0 spiro atoms. The minimum atomic E-state index is -0.983. The first-order valence-electron chi connectivity index (χ1n) is 10.0. The second-order valence-electron chi connectivity index (χ2n) is 7.62. The number of imide groups is 1. The number of fused-ring (bicyclic) bond motifs is 2. The maximum atomic E-state index is 13.7. The van der Waals surface area contributed by atoms with Crippen LogP contribution in [0.5, 0.6) is 0 Å². The summed E-state index contributed by atoms with van der Waals surface area (Å²) in [6.45, 7) is 1.03. The molecule has 5 nitrogen and oxygen atoms in total. The number of amides is 3. The van der Waals surface area contributed by atoms with Crippen molar-refractivity contribution in [3.63, 3.8) is 0 Å². The van der Waals surface area contributed by atoms with E-state index in [-0.39, 0.29) is 5.91 Å². The molecule has 3 amide bonds. The molecule has 3 aromatic carbocycles. The van der Waals surface area contributed by atoms with E-state index in [9.17, 15) is 14.4 Å². The quantitative estimate of drug-likeness (QED) is 0.636. The van der Waals surface area contributed by atoms with E-state index in [1.165, 1.54) is 5.56 Å². The SMILES string of the molecule is O=C(C(c1ccccc1)N1C(=O)c2ccccc2C1=O)N1CCc2ccccc2C1. The predicted molar refractivity (Wildman–Crippen MR) is 112 cm³/mol. The maximum absolute atomic E-state index is 13.7. The Morgan fingerprint density at radius 3 is 1.97 bits per heavy atom. The molecule has 0 aromatic heterocycles. The van der Waals surface area contributed by atoms with Gasteiger partial charge in [-0.15, -0.1) is 0 Å². The molecule has 2 aliphatic heterocycles. The van der Waals surface area contributed by atoms with Gasteiger partial charge in [-0.2, -0.15) is 0 Å². The average molecular weight is 396 g/mol. The average Bonchev–Trinajstić information content (AvgIpc) is 3.05. The highest BCUT2D eigenvalue weighted by atomic mass is 16.2. The number of hydrogen-bond donors (Lipinski definition) is 0. The van der Waals surface area contributed by atoms with Crippen molar-refractivity contribution in [2.24, 2.45) is 0 Å². The van der Waals surface area contributed by atoms with Crippen molar-refractivity contribution >= 4 is 17.7 Å². The summed E-state index contributed by atoms with van der Waals surface area (Å²) < 4.78 is 0. The molecule has 0 N–H and O–H groups in total. The van der Waals surface area contributed by atoms with Gasteiger partial charge in [-0.05, 0) is 35.2 Å². The lowest BCUT2D eigenvalue weighted by atomic mass is 9.97. The molecule has 2 heterocycles. The fourth-order valence-electron chi connectivity index (χ4n) is 4.34. The van der Waals surface area contributed by atoms with Crippen LogP contribution in [0.2, 0.25) is 0 Å². The summed E-state index contributed by atoms with van der Waals surface area (Å²) in [6.07, 6.45) is 0.755. The van der Waals surface area contributed by atoms with Crippen LogP contribution >= 0.6 is 0 Å². The maximum Gasteiger partial charge on any atom is 0.262 e. The van der Waals surface area contributed by atoms with Crippen LogP contribution in [0.25, 0.3) is 0 Å². The second-order valence-corrected chi connectivity index (χ2v) is 7.62. The number of carbonyl (C=O) groups excluding carboxylic acids is 3. The molecule has 5 rings (SSSR count). The molecule has 0 saturated heterocycles. The summed E-state index contributed by atoms with van der Waals surface area (Å²) in [6, 6.07) is 22.9. The lowest BCUT2D eigenvalue weighted by molar-refractivity contribution is -0.136. The predicted octanol–water partition coefficient (Wildman–Crippen LogP) is 3.61. The van der Waals surface area contributed by atoms with Crippen LogP contribution in [0, 0.1) is 0 Å². The van der Waals surface area contributed by atoms with Crippen LogP contribution in [0.1, 0.15) is 43.4 Å². The Kier molecular flexibility index (Phi) is 4.43. The smallest absolute Gasteiger partial charge is 0.262 e. The molecule has 0 saturated carbocycles. The summed E-state index contributed by atoms with van der Waals surface area (Å²) in [5, 5.41) is 0. The van der Waals surface area contributed by atoms with Gasteiger partial charge in [-0.25, -0.2) is 0 Å². The van der Waals surface area contributed by atoms with Gasteiger partial charge in [0.1, 0.15) is 6.04 Å². The van der Waals surface area contributed by atoms with E-state index < -0.39 is 17.9 Å². The monoisotopic (exact) mass is 396 g/mol. The van der Waals surface area contributed by atoms with E-state index in [0.29, 0.717) is 29.8 Å². The van der Waals surface area contributed by atoms with Gasteiger partial charge < -0.3 is 4.90 Å². The van der Waals surface area contributed by atoms with E-state index in [4.69, 9.17) is 0 Å². The summed E-state index contributed by atoms with van der Waals surface area (Å²) in [5.41, 5.74) is 3.67. The van der Waals surface area contributed by atoms with Crippen molar-refractivity contribution in [2.45, 2.75) is 19.0 Å². The molecule has 1 unspecified atom stereocenters. The van der Waals surface area contributed by atoms with E-state index in [1.807, 2.05) is 36.4 Å². The van der Waals surface area contributed by atoms with Gasteiger partial charge in [-0.1, -0.05) is 66.7 Å². The van der Waals surface area contributed by atoms with Crippen molar-refractivity contribution in [3.8, 4) is 0 Å². The van der Waals surface area contributed by atoms with Crippen LogP contribution in [0.15, 0.2) is 78.9 Å². The fourth-order valence-corrected chi connectivity index (χ4v) is 4.34. The molecule has 3 aromatic rings. The Bertz CT molecular complexity index is 1120. The first-order valence-corrected chi connectivity index (χ1v) is 10.0. The summed E-state index contributed by atoms with van der Waals surface area (Å²) in [4.78, 5) is 42.9. The van der Waals surface area contributed by atoms with Crippen LogP contribution in [0.4, 0.5) is 0 Å². The Labute approximate surface area is 174 Å². The Morgan fingerprint density at radius 1 is 0.733 bits per heavy atom. The number of nitrogens with zero attached hydrogens (tertiary/aromatic N) is 2. The van der Waals surface area contributed by atoms with Gasteiger partial charge in [0.05, 0.1) is 11.1 Å². The summed E-state index contributed by atoms with van der Waals surface area (Å²) in [7, 11) is 0. The molecule has 2 aliphatic rings. The van der Waals surface area contributed by atoms with Crippen LogP contribution in [0.3, 0.4) is 0 Å². The lowest BCUT2D eigenvalue weighted by Crippen LogP contribution is -2.46. The van der Waals surface area contributed by atoms with E-state index in [2.05, 4.69) is 6.07 Å². The van der Waals surface area contributed by atoms with Gasteiger partial charge in [0, 0.05) is 13.1 Å². The van der Waals surface area contributed by atoms with Crippen LogP contribution < -0.4 is 0 Å². The third-order valence-corrected chi connectivity index (χ3v) is 5.88. The van der Waals surface area contributed by atoms with Gasteiger partial charge in [-0.3, -0.25) is 19.3 Å². The Morgan fingerprint density at radius 2 is 1.30 bits per heavy atom. The van der Waals surface area contributed by atoms with Gasteiger partial charge in [0.15, 0.2) is 0 Å². The summed E-state index contributed by atoms with van der Waals surface area (Å²) in [5.74, 6) is -1.07. The highest BCUT2D eigenvalue weighted by Gasteiger charge is 2.44. The van der Waals surface area contributed by atoms with Gasteiger partial charge in [0.25, 0.3) is 17.7 Å². The van der Waals surface area contributed by atoms with Crippen molar-refractivity contribution in [3.05, 3.63) is 107 Å². The lowest BCUT2D eigenvalue weighted by Gasteiger charge is -2.34. The topological polar surface area (TPSA) is 57.7 Å². The molecule has 5 heteroatoms. The van der Waals surface area contributed by atoms with Crippen LogP contribution in [-0.2, 0) is 17.8 Å². The highest BCUT2D eigenvalue weighted by molar-refractivity contribution is 6.22. The molecule has 0 radical (unpaired) electrons. The normalized spacial score (nSPS) is 16.3. The second kappa shape index (κ2) is 7.26. The third kappa shape index (κ3) is 2.90. The largest absolute Gasteiger partial charge is 0.336 e. The Balaban J connectivity index is 1.54. The first kappa shape index (κ1) is 18.3. The number of benzene rings is 3. The van der Waals surface area contributed by atoms with Crippen LogP contribution in [-0.4, -0.2) is 34.1 Å². The molecular formula is C25H20N2O3. The number of rotatable bonds is 3. The molecular weight excluding hydrogens is 376 g/mol. The number of hydrogen-bond acceptors (Lipinski definition) is 3. The third-order valence-electron chi connectivity index (χ3n) is 5.88. The molecule has 148 valence electrons. The molecule has 0 aliphatic carbocycles. The zero-order valence-electron chi connectivity index (χ0n) is 16.3. The molecule has 1 atom stereocenters. The van der Waals surface area contributed by atoms with E-state index in [0.717, 1.165) is 16.9 Å². The fraction of sp³-hybridized carbons (Fsp3) is 0.160.